The fourth-order valence-electron chi connectivity index (χ4n) is 1.35. The molecule has 0 fully saturated rings. The van der Waals surface area contributed by atoms with Crippen LogP contribution in [-0.4, -0.2) is 16.2 Å². The molecule has 0 atom stereocenters. The smallest absolute Gasteiger partial charge is 0.306 e. The molecule has 7 heteroatoms. The Morgan fingerprint density at radius 3 is 2.72 bits per heavy atom. The van der Waals surface area contributed by atoms with E-state index in [9.17, 15) is 4.79 Å². The molecule has 5 nitrogen and oxygen atoms in total. The van der Waals surface area contributed by atoms with Crippen molar-refractivity contribution in [1.29, 1.82) is 0 Å². The molecule has 2 rings (SSSR count). The Labute approximate surface area is 113 Å². The maximum atomic E-state index is 11.7. The van der Waals surface area contributed by atoms with E-state index in [0.717, 1.165) is 5.69 Å². The lowest BCUT2D eigenvalue weighted by Crippen LogP contribution is -2.19. The molecule has 2 amide bonds. The van der Waals surface area contributed by atoms with Crippen molar-refractivity contribution < 1.29 is 4.79 Å². The highest BCUT2D eigenvalue weighted by molar-refractivity contribution is 6.35. The van der Waals surface area contributed by atoms with Gasteiger partial charge in [-0.05, 0) is 25.1 Å². The number of carbonyl (C=O) groups is 1. The number of benzene rings is 1. The van der Waals surface area contributed by atoms with Crippen molar-refractivity contribution in [2.75, 3.05) is 10.6 Å². The van der Waals surface area contributed by atoms with E-state index in [4.69, 9.17) is 23.2 Å². The molecule has 1 heterocycles. The van der Waals surface area contributed by atoms with Crippen LogP contribution in [0, 0.1) is 6.92 Å². The van der Waals surface area contributed by atoms with Crippen LogP contribution in [0.3, 0.4) is 0 Å². The fraction of sp³-hybridized carbons (Fsp3) is 0.0909. The Morgan fingerprint density at radius 2 is 2.06 bits per heavy atom. The Hall–Kier alpha value is -1.72. The van der Waals surface area contributed by atoms with Crippen LogP contribution in [0.25, 0.3) is 0 Å². The number of hydrogen-bond acceptors (Lipinski definition) is 2. The maximum Gasteiger partial charge on any atom is 0.324 e. The lowest BCUT2D eigenvalue weighted by atomic mass is 10.3. The molecular formula is C11H10Cl2N4O. The van der Waals surface area contributed by atoms with Gasteiger partial charge < -0.3 is 5.32 Å². The number of amides is 2. The number of aromatic nitrogens is 2. The predicted molar refractivity (Wildman–Crippen MR) is 72.4 cm³/mol. The topological polar surface area (TPSA) is 69.8 Å². The van der Waals surface area contributed by atoms with E-state index in [-0.39, 0.29) is 0 Å². The number of nitrogens with one attached hydrogen (secondary N) is 3. The van der Waals surface area contributed by atoms with Gasteiger partial charge in [0, 0.05) is 16.8 Å². The van der Waals surface area contributed by atoms with Crippen LogP contribution in [0.5, 0.6) is 0 Å². The van der Waals surface area contributed by atoms with Crippen LogP contribution in [-0.2, 0) is 0 Å². The normalized spacial score (nSPS) is 10.2. The van der Waals surface area contributed by atoms with Crippen molar-refractivity contribution in [3.63, 3.8) is 0 Å². The number of nitrogens with zero attached hydrogens (tertiary/aromatic N) is 1. The second-order valence-corrected chi connectivity index (χ2v) is 4.48. The number of anilines is 2. The Morgan fingerprint density at radius 1 is 1.28 bits per heavy atom. The number of aryl methyl sites for hydroxylation is 1. The van der Waals surface area contributed by atoms with Gasteiger partial charge in [-0.3, -0.25) is 10.4 Å². The van der Waals surface area contributed by atoms with Gasteiger partial charge in [-0.25, -0.2) is 4.79 Å². The van der Waals surface area contributed by atoms with Crippen LogP contribution in [0.4, 0.5) is 16.3 Å². The molecule has 0 unspecified atom stereocenters. The molecular weight excluding hydrogens is 275 g/mol. The summed E-state index contributed by atoms with van der Waals surface area (Å²) in [7, 11) is 0. The zero-order chi connectivity index (χ0) is 13.1. The quantitative estimate of drug-likeness (QED) is 0.787. The van der Waals surface area contributed by atoms with Gasteiger partial charge in [-0.2, -0.15) is 5.10 Å². The van der Waals surface area contributed by atoms with Crippen molar-refractivity contribution in [3.05, 3.63) is 40.0 Å². The third kappa shape index (κ3) is 3.15. The van der Waals surface area contributed by atoms with Gasteiger partial charge in [0.05, 0.1) is 10.7 Å². The highest BCUT2D eigenvalue weighted by Gasteiger charge is 2.08. The van der Waals surface area contributed by atoms with E-state index >= 15 is 0 Å². The first-order valence-electron chi connectivity index (χ1n) is 5.09. The molecule has 1 aromatic heterocycles. The summed E-state index contributed by atoms with van der Waals surface area (Å²) in [6.45, 7) is 1.84. The van der Waals surface area contributed by atoms with Crippen molar-refractivity contribution in [1.82, 2.24) is 10.2 Å². The minimum absolute atomic E-state index is 0.410. The third-order valence-corrected chi connectivity index (χ3v) is 2.69. The van der Waals surface area contributed by atoms with Gasteiger partial charge in [-0.1, -0.05) is 23.2 Å². The monoisotopic (exact) mass is 284 g/mol. The lowest BCUT2D eigenvalue weighted by molar-refractivity contribution is 0.262. The molecule has 3 N–H and O–H groups in total. The molecule has 0 saturated heterocycles. The first-order valence-corrected chi connectivity index (χ1v) is 5.85. The minimum Gasteiger partial charge on any atom is -0.306 e. The highest BCUT2D eigenvalue weighted by atomic mass is 35.5. The van der Waals surface area contributed by atoms with Crippen molar-refractivity contribution in [2.24, 2.45) is 0 Å². The fourth-order valence-corrected chi connectivity index (χ4v) is 1.68. The SMILES string of the molecule is Cc1cc(NC(=O)Nc2cc(Cl)ccc2Cl)n[nH]1. The molecule has 18 heavy (non-hydrogen) atoms. The number of rotatable bonds is 2. The second kappa shape index (κ2) is 5.29. The van der Waals surface area contributed by atoms with E-state index in [0.29, 0.717) is 21.6 Å². The summed E-state index contributed by atoms with van der Waals surface area (Å²) in [6.07, 6.45) is 0. The number of aromatic amines is 1. The first-order chi connectivity index (χ1) is 8.54. The summed E-state index contributed by atoms with van der Waals surface area (Å²) in [5.74, 6) is 0.433. The number of hydrogen-bond donors (Lipinski definition) is 3. The van der Waals surface area contributed by atoms with E-state index in [2.05, 4.69) is 20.8 Å². The molecule has 1 aromatic carbocycles. The molecule has 0 aliphatic heterocycles. The van der Waals surface area contributed by atoms with Crippen LogP contribution in [0.15, 0.2) is 24.3 Å². The van der Waals surface area contributed by atoms with Gasteiger partial charge in [0.2, 0.25) is 0 Å². The lowest BCUT2D eigenvalue weighted by Gasteiger charge is -2.07. The molecule has 0 spiro atoms. The minimum atomic E-state index is -0.439. The zero-order valence-electron chi connectivity index (χ0n) is 9.42. The largest absolute Gasteiger partial charge is 0.324 e. The average Bonchev–Trinajstić information content (AvgIpc) is 2.69. The Kier molecular flexibility index (Phi) is 3.74. The van der Waals surface area contributed by atoms with Crippen LogP contribution >= 0.6 is 23.2 Å². The van der Waals surface area contributed by atoms with Crippen molar-refractivity contribution in [3.8, 4) is 0 Å². The van der Waals surface area contributed by atoms with Gasteiger partial charge >= 0.3 is 6.03 Å². The molecule has 94 valence electrons. The molecule has 0 bridgehead atoms. The van der Waals surface area contributed by atoms with Gasteiger partial charge in [-0.15, -0.1) is 0 Å². The number of urea groups is 1. The number of halogens is 2. The number of carbonyl (C=O) groups excluding carboxylic acids is 1. The summed E-state index contributed by atoms with van der Waals surface area (Å²) >= 11 is 11.7. The van der Waals surface area contributed by atoms with E-state index in [1.165, 1.54) is 0 Å². The Balaban J connectivity index is 2.05. The molecule has 0 radical (unpaired) electrons. The summed E-state index contributed by atoms with van der Waals surface area (Å²) in [5.41, 5.74) is 1.29. The van der Waals surface area contributed by atoms with Gasteiger partial charge in [0.25, 0.3) is 0 Å². The van der Waals surface area contributed by atoms with Crippen LogP contribution in [0.2, 0.25) is 10.0 Å². The van der Waals surface area contributed by atoms with E-state index < -0.39 is 6.03 Å². The summed E-state index contributed by atoms with van der Waals surface area (Å²) < 4.78 is 0. The summed E-state index contributed by atoms with van der Waals surface area (Å²) in [5, 5.41) is 12.7. The summed E-state index contributed by atoms with van der Waals surface area (Å²) in [4.78, 5) is 11.7. The molecule has 0 aliphatic carbocycles. The first kappa shape index (κ1) is 12.7. The average molecular weight is 285 g/mol. The molecule has 2 aromatic rings. The number of H-pyrrole nitrogens is 1. The third-order valence-electron chi connectivity index (χ3n) is 2.12. The maximum absolute atomic E-state index is 11.7. The van der Waals surface area contributed by atoms with E-state index in [1.54, 1.807) is 24.3 Å². The van der Waals surface area contributed by atoms with Gasteiger partial charge in [0.1, 0.15) is 0 Å². The Bertz CT molecular complexity index is 582. The highest BCUT2D eigenvalue weighted by Crippen LogP contribution is 2.25. The predicted octanol–water partition coefficient (Wildman–Crippen LogP) is 3.67. The summed E-state index contributed by atoms with van der Waals surface area (Å²) in [6, 6.07) is 6.09. The van der Waals surface area contributed by atoms with Crippen LogP contribution in [0.1, 0.15) is 5.69 Å². The van der Waals surface area contributed by atoms with Crippen LogP contribution < -0.4 is 10.6 Å². The molecule has 0 saturated carbocycles. The van der Waals surface area contributed by atoms with E-state index in [1.807, 2.05) is 6.92 Å². The second-order valence-electron chi connectivity index (χ2n) is 3.64. The molecule has 0 aliphatic rings. The standard InChI is InChI=1S/C11H10Cl2N4O/c1-6-4-10(17-16-6)15-11(18)14-9-5-7(12)2-3-8(9)13/h2-5H,1H3,(H3,14,15,16,17,18). The van der Waals surface area contributed by atoms with Crippen molar-refractivity contribution >= 4 is 40.7 Å². The van der Waals surface area contributed by atoms with Gasteiger partial charge in [0.15, 0.2) is 5.82 Å². The van der Waals surface area contributed by atoms with Crippen molar-refractivity contribution in [2.45, 2.75) is 6.92 Å². The zero-order valence-corrected chi connectivity index (χ0v) is 10.9.